The van der Waals surface area contributed by atoms with E-state index >= 15 is 0 Å². The third kappa shape index (κ3) is 7.20. The molecule has 0 spiro atoms. The van der Waals surface area contributed by atoms with Gasteiger partial charge in [-0.1, -0.05) is 6.42 Å². The quantitative estimate of drug-likeness (QED) is 0.681. The van der Waals surface area contributed by atoms with Crippen molar-refractivity contribution >= 4 is 11.8 Å². The van der Waals surface area contributed by atoms with Gasteiger partial charge in [-0.3, -0.25) is 0 Å². The molecule has 0 radical (unpaired) electrons. The SMILES string of the molecule is CSCCCCCNC1CCCOCC1. The Hall–Kier alpha value is 0.270. The Balaban J connectivity index is 1.89. The second-order valence-corrected chi connectivity index (χ2v) is 5.23. The van der Waals surface area contributed by atoms with Gasteiger partial charge in [0.25, 0.3) is 0 Å². The van der Waals surface area contributed by atoms with Crippen LogP contribution in [0.15, 0.2) is 0 Å². The van der Waals surface area contributed by atoms with Gasteiger partial charge in [-0.2, -0.15) is 11.8 Å². The van der Waals surface area contributed by atoms with Crippen LogP contribution < -0.4 is 5.32 Å². The molecule has 0 aliphatic carbocycles. The summed E-state index contributed by atoms with van der Waals surface area (Å²) in [5.74, 6) is 1.32. The number of ether oxygens (including phenoxy) is 1. The lowest BCUT2D eigenvalue weighted by molar-refractivity contribution is 0.142. The lowest BCUT2D eigenvalue weighted by Crippen LogP contribution is -2.30. The number of unbranched alkanes of at least 4 members (excludes halogenated alkanes) is 2. The molecule has 0 aromatic heterocycles. The van der Waals surface area contributed by atoms with Crippen LogP contribution in [-0.4, -0.2) is 37.8 Å². The molecule has 1 N–H and O–H groups in total. The summed E-state index contributed by atoms with van der Waals surface area (Å²) in [6.07, 6.45) is 9.98. The molecule has 2 nitrogen and oxygen atoms in total. The molecule has 1 aliphatic heterocycles. The highest BCUT2D eigenvalue weighted by Gasteiger charge is 2.10. The van der Waals surface area contributed by atoms with Crippen molar-refractivity contribution in [3.05, 3.63) is 0 Å². The third-order valence-electron chi connectivity index (χ3n) is 2.91. The lowest BCUT2D eigenvalue weighted by Gasteiger charge is -2.15. The molecule has 1 saturated heterocycles. The van der Waals surface area contributed by atoms with Gasteiger partial charge in [0.15, 0.2) is 0 Å². The van der Waals surface area contributed by atoms with Crippen LogP contribution in [0.4, 0.5) is 0 Å². The fourth-order valence-electron chi connectivity index (χ4n) is 1.96. The average molecular weight is 231 g/mol. The first-order chi connectivity index (χ1) is 7.43. The second kappa shape index (κ2) is 9.49. The van der Waals surface area contributed by atoms with E-state index in [4.69, 9.17) is 4.74 Å². The van der Waals surface area contributed by atoms with E-state index in [1.165, 1.54) is 50.8 Å². The highest BCUT2D eigenvalue weighted by molar-refractivity contribution is 7.98. The topological polar surface area (TPSA) is 21.3 Å². The van der Waals surface area contributed by atoms with E-state index < -0.39 is 0 Å². The monoisotopic (exact) mass is 231 g/mol. The molecule has 0 aromatic carbocycles. The fourth-order valence-corrected chi connectivity index (χ4v) is 2.46. The molecule has 3 heteroatoms. The summed E-state index contributed by atoms with van der Waals surface area (Å²) in [4.78, 5) is 0. The molecule has 0 bridgehead atoms. The Labute approximate surface area is 98.5 Å². The first-order valence-corrected chi connectivity index (χ1v) is 7.63. The molecular weight excluding hydrogens is 206 g/mol. The maximum Gasteiger partial charge on any atom is 0.0480 e. The zero-order valence-electron chi connectivity index (χ0n) is 9.96. The van der Waals surface area contributed by atoms with Gasteiger partial charge in [-0.15, -0.1) is 0 Å². The molecule has 1 rings (SSSR count). The van der Waals surface area contributed by atoms with E-state index in [-0.39, 0.29) is 0 Å². The van der Waals surface area contributed by atoms with E-state index in [1.54, 1.807) is 0 Å². The molecule has 1 unspecified atom stereocenters. The summed E-state index contributed by atoms with van der Waals surface area (Å²) in [6, 6.07) is 0.716. The maximum absolute atomic E-state index is 5.44. The van der Waals surface area contributed by atoms with E-state index in [1.807, 2.05) is 11.8 Å². The number of nitrogens with one attached hydrogen (secondary N) is 1. The van der Waals surface area contributed by atoms with Crippen molar-refractivity contribution in [3.63, 3.8) is 0 Å². The molecule has 15 heavy (non-hydrogen) atoms. The summed E-state index contributed by atoms with van der Waals surface area (Å²) in [6.45, 7) is 3.11. The third-order valence-corrected chi connectivity index (χ3v) is 3.61. The van der Waals surface area contributed by atoms with Crippen molar-refractivity contribution < 1.29 is 4.74 Å². The number of thioether (sulfide) groups is 1. The second-order valence-electron chi connectivity index (χ2n) is 4.25. The Morgan fingerprint density at radius 3 is 3.00 bits per heavy atom. The zero-order chi connectivity index (χ0) is 10.8. The molecule has 1 aliphatic rings. The van der Waals surface area contributed by atoms with Crippen molar-refractivity contribution in [1.82, 2.24) is 5.32 Å². The number of rotatable bonds is 7. The summed E-state index contributed by atoms with van der Waals surface area (Å²) in [5.41, 5.74) is 0. The molecule has 0 amide bonds. The van der Waals surface area contributed by atoms with Crippen LogP contribution in [0.3, 0.4) is 0 Å². The minimum absolute atomic E-state index is 0.716. The summed E-state index contributed by atoms with van der Waals surface area (Å²) in [5, 5.41) is 3.65. The molecule has 1 fully saturated rings. The Morgan fingerprint density at radius 1 is 1.20 bits per heavy atom. The van der Waals surface area contributed by atoms with Gasteiger partial charge in [-0.05, 0) is 50.7 Å². The lowest BCUT2D eigenvalue weighted by atomic mass is 10.1. The Bertz CT molecular complexity index is 136. The molecular formula is C12H25NOS. The zero-order valence-corrected chi connectivity index (χ0v) is 10.8. The molecule has 1 atom stereocenters. The van der Waals surface area contributed by atoms with Crippen LogP contribution in [0.25, 0.3) is 0 Å². The summed E-state index contributed by atoms with van der Waals surface area (Å²) >= 11 is 1.95. The van der Waals surface area contributed by atoms with E-state index in [2.05, 4.69) is 11.6 Å². The van der Waals surface area contributed by atoms with Gasteiger partial charge in [0.1, 0.15) is 0 Å². The smallest absolute Gasteiger partial charge is 0.0480 e. The van der Waals surface area contributed by atoms with Gasteiger partial charge < -0.3 is 10.1 Å². The van der Waals surface area contributed by atoms with Crippen molar-refractivity contribution in [1.29, 1.82) is 0 Å². The normalized spacial score (nSPS) is 22.6. The largest absolute Gasteiger partial charge is 0.381 e. The van der Waals surface area contributed by atoms with Crippen LogP contribution >= 0.6 is 11.8 Å². The van der Waals surface area contributed by atoms with Crippen molar-refractivity contribution in [2.45, 2.75) is 44.6 Å². The van der Waals surface area contributed by atoms with Crippen LogP contribution in [0, 0.1) is 0 Å². The fraction of sp³-hybridized carbons (Fsp3) is 1.00. The highest BCUT2D eigenvalue weighted by atomic mass is 32.2. The van der Waals surface area contributed by atoms with Gasteiger partial charge in [0.2, 0.25) is 0 Å². The van der Waals surface area contributed by atoms with Crippen LogP contribution in [0.5, 0.6) is 0 Å². The number of hydrogen-bond acceptors (Lipinski definition) is 3. The van der Waals surface area contributed by atoms with Crippen LogP contribution in [-0.2, 0) is 4.74 Å². The Morgan fingerprint density at radius 2 is 2.13 bits per heavy atom. The van der Waals surface area contributed by atoms with E-state index in [9.17, 15) is 0 Å². The van der Waals surface area contributed by atoms with Gasteiger partial charge in [0, 0.05) is 19.3 Å². The standard InChI is InChI=1S/C12H25NOS/c1-15-11-4-2-3-8-13-12-6-5-9-14-10-7-12/h12-13H,2-11H2,1H3. The molecule has 90 valence electrons. The predicted octanol–water partition coefficient (Wildman–Crippen LogP) is 2.68. The maximum atomic E-state index is 5.44. The first kappa shape index (κ1) is 13.3. The van der Waals surface area contributed by atoms with Crippen LogP contribution in [0.1, 0.15) is 38.5 Å². The van der Waals surface area contributed by atoms with Crippen molar-refractivity contribution in [3.8, 4) is 0 Å². The first-order valence-electron chi connectivity index (χ1n) is 6.23. The van der Waals surface area contributed by atoms with Gasteiger partial charge in [-0.25, -0.2) is 0 Å². The van der Waals surface area contributed by atoms with Crippen LogP contribution in [0.2, 0.25) is 0 Å². The highest BCUT2D eigenvalue weighted by Crippen LogP contribution is 2.08. The van der Waals surface area contributed by atoms with E-state index in [0.717, 1.165) is 13.2 Å². The summed E-state index contributed by atoms with van der Waals surface area (Å²) < 4.78 is 5.44. The average Bonchev–Trinajstić information content (AvgIpc) is 2.52. The molecule has 1 heterocycles. The Kier molecular flexibility index (Phi) is 8.44. The van der Waals surface area contributed by atoms with E-state index in [0.29, 0.717) is 6.04 Å². The number of hydrogen-bond donors (Lipinski definition) is 1. The minimum Gasteiger partial charge on any atom is -0.381 e. The predicted molar refractivity (Wildman–Crippen MR) is 68.7 cm³/mol. The van der Waals surface area contributed by atoms with Crippen molar-refractivity contribution in [2.24, 2.45) is 0 Å². The molecule has 0 aromatic rings. The summed E-state index contributed by atoms with van der Waals surface area (Å²) in [7, 11) is 0. The van der Waals surface area contributed by atoms with Gasteiger partial charge >= 0.3 is 0 Å². The molecule has 0 saturated carbocycles. The minimum atomic E-state index is 0.716. The van der Waals surface area contributed by atoms with Gasteiger partial charge in [0.05, 0.1) is 0 Å². The van der Waals surface area contributed by atoms with Crippen molar-refractivity contribution in [2.75, 3.05) is 31.8 Å².